The quantitative estimate of drug-likeness (QED) is 0.654. The third-order valence-electron chi connectivity index (χ3n) is 2.11. The van der Waals surface area contributed by atoms with Crippen molar-refractivity contribution in [3.63, 3.8) is 0 Å². The molecule has 0 unspecified atom stereocenters. The second-order valence-corrected chi connectivity index (χ2v) is 4.30. The molecule has 0 saturated carbocycles. The summed E-state index contributed by atoms with van der Waals surface area (Å²) in [5.74, 6) is 0.793. The van der Waals surface area contributed by atoms with E-state index in [1.807, 2.05) is 26.0 Å². The molecule has 2 N–H and O–H groups in total. The van der Waals surface area contributed by atoms with Gasteiger partial charge in [0.15, 0.2) is 5.96 Å². The molecule has 1 aromatic carbocycles. The third-order valence-corrected chi connectivity index (χ3v) is 2.70. The Kier molecular flexibility index (Phi) is 6.16. The normalized spacial score (nSPS) is 9.88. The number of aliphatic imine (C=N–C) groups is 1. The minimum Gasteiger partial charge on any atom is -0.357 e. The van der Waals surface area contributed by atoms with E-state index in [0.717, 1.165) is 24.6 Å². The highest BCUT2D eigenvalue weighted by Gasteiger charge is 2.01. The summed E-state index contributed by atoms with van der Waals surface area (Å²) in [7, 11) is 0. The standard InChI is InChI=1S/C12H17Cl2N3/c1-3-15-12(16-4-2)17-8-9-5-6-10(13)7-11(9)14/h5-7H,3-4,8H2,1-2H3,(H2,15,16,17). The van der Waals surface area contributed by atoms with Crippen molar-refractivity contribution in [2.75, 3.05) is 13.1 Å². The van der Waals surface area contributed by atoms with Crippen LogP contribution in [0.5, 0.6) is 0 Å². The molecule has 0 fully saturated rings. The number of nitrogens with one attached hydrogen (secondary N) is 2. The van der Waals surface area contributed by atoms with Crippen molar-refractivity contribution in [2.45, 2.75) is 20.4 Å². The highest BCUT2D eigenvalue weighted by Crippen LogP contribution is 2.21. The molecular formula is C12H17Cl2N3. The van der Waals surface area contributed by atoms with Gasteiger partial charge in [0, 0.05) is 23.1 Å². The van der Waals surface area contributed by atoms with Gasteiger partial charge in [-0.15, -0.1) is 0 Å². The highest BCUT2D eigenvalue weighted by atomic mass is 35.5. The van der Waals surface area contributed by atoms with E-state index < -0.39 is 0 Å². The molecule has 0 radical (unpaired) electrons. The number of nitrogens with zero attached hydrogens (tertiary/aromatic N) is 1. The second-order valence-electron chi connectivity index (χ2n) is 3.46. The van der Waals surface area contributed by atoms with Crippen LogP contribution in [0.15, 0.2) is 23.2 Å². The molecule has 0 aliphatic rings. The summed E-state index contributed by atoms with van der Waals surface area (Å²) in [5.41, 5.74) is 0.962. The maximum absolute atomic E-state index is 6.07. The first-order valence-electron chi connectivity index (χ1n) is 5.63. The number of hydrogen-bond donors (Lipinski definition) is 2. The fraction of sp³-hybridized carbons (Fsp3) is 0.417. The van der Waals surface area contributed by atoms with Gasteiger partial charge in [-0.05, 0) is 31.5 Å². The van der Waals surface area contributed by atoms with Crippen molar-refractivity contribution >= 4 is 29.2 Å². The van der Waals surface area contributed by atoms with E-state index >= 15 is 0 Å². The summed E-state index contributed by atoms with van der Waals surface area (Å²) in [6, 6.07) is 5.44. The fourth-order valence-corrected chi connectivity index (χ4v) is 1.79. The van der Waals surface area contributed by atoms with E-state index in [0.29, 0.717) is 16.6 Å². The molecule has 1 rings (SSSR count). The predicted octanol–water partition coefficient (Wildman–Crippen LogP) is 3.07. The lowest BCUT2D eigenvalue weighted by atomic mass is 10.2. The summed E-state index contributed by atoms with van der Waals surface area (Å²) in [5, 5.41) is 7.60. The van der Waals surface area contributed by atoms with Gasteiger partial charge in [-0.3, -0.25) is 0 Å². The predicted molar refractivity (Wildman–Crippen MR) is 75.0 cm³/mol. The van der Waals surface area contributed by atoms with Gasteiger partial charge in [-0.1, -0.05) is 29.3 Å². The molecule has 0 atom stereocenters. The van der Waals surface area contributed by atoms with E-state index in [2.05, 4.69) is 15.6 Å². The average molecular weight is 274 g/mol. The minimum atomic E-state index is 0.533. The van der Waals surface area contributed by atoms with Gasteiger partial charge in [0.25, 0.3) is 0 Å². The van der Waals surface area contributed by atoms with Gasteiger partial charge in [0.05, 0.1) is 6.54 Å². The molecule has 3 nitrogen and oxygen atoms in total. The molecule has 1 aromatic rings. The van der Waals surface area contributed by atoms with Crippen LogP contribution < -0.4 is 10.6 Å². The zero-order valence-electron chi connectivity index (χ0n) is 10.1. The lowest BCUT2D eigenvalue weighted by Gasteiger charge is -2.09. The Morgan fingerprint density at radius 3 is 2.35 bits per heavy atom. The minimum absolute atomic E-state index is 0.533. The lowest BCUT2D eigenvalue weighted by Crippen LogP contribution is -2.36. The molecule has 17 heavy (non-hydrogen) atoms. The van der Waals surface area contributed by atoms with E-state index in [4.69, 9.17) is 23.2 Å². The second kappa shape index (κ2) is 7.41. The summed E-state index contributed by atoms with van der Waals surface area (Å²) < 4.78 is 0. The smallest absolute Gasteiger partial charge is 0.191 e. The first-order valence-corrected chi connectivity index (χ1v) is 6.39. The Labute approximate surface area is 112 Å². The fourth-order valence-electron chi connectivity index (χ4n) is 1.32. The van der Waals surface area contributed by atoms with Crippen LogP contribution in [-0.4, -0.2) is 19.0 Å². The molecular weight excluding hydrogens is 257 g/mol. The van der Waals surface area contributed by atoms with Crippen molar-refractivity contribution in [1.29, 1.82) is 0 Å². The lowest BCUT2D eigenvalue weighted by molar-refractivity contribution is 0.839. The van der Waals surface area contributed by atoms with Crippen molar-refractivity contribution in [2.24, 2.45) is 4.99 Å². The molecule has 94 valence electrons. The largest absolute Gasteiger partial charge is 0.357 e. The van der Waals surface area contributed by atoms with E-state index in [1.54, 1.807) is 6.07 Å². The maximum atomic E-state index is 6.07. The number of hydrogen-bond acceptors (Lipinski definition) is 1. The van der Waals surface area contributed by atoms with Crippen LogP contribution in [0.1, 0.15) is 19.4 Å². The zero-order valence-corrected chi connectivity index (χ0v) is 11.6. The van der Waals surface area contributed by atoms with Gasteiger partial charge < -0.3 is 10.6 Å². The van der Waals surface area contributed by atoms with Gasteiger partial charge in [-0.25, -0.2) is 4.99 Å². The van der Waals surface area contributed by atoms with Crippen LogP contribution in [0.25, 0.3) is 0 Å². The van der Waals surface area contributed by atoms with Crippen LogP contribution in [0.2, 0.25) is 10.0 Å². The van der Waals surface area contributed by atoms with E-state index in [9.17, 15) is 0 Å². The molecule has 0 heterocycles. The average Bonchev–Trinajstić information content (AvgIpc) is 2.28. The van der Waals surface area contributed by atoms with Crippen LogP contribution in [0.3, 0.4) is 0 Å². The maximum Gasteiger partial charge on any atom is 0.191 e. The van der Waals surface area contributed by atoms with Gasteiger partial charge in [-0.2, -0.15) is 0 Å². The summed E-state index contributed by atoms with van der Waals surface area (Å²) in [6.45, 7) is 6.26. The number of rotatable bonds is 4. The highest BCUT2D eigenvalue weighted by molar-refractivity contribution is 6.35. The summed E-state index contributed by atoms with van der Waals surface area (Å²) in [6.07, 6.45) is 0. The topological polar surface area (TPSA) is 36.4 Å². The van der Waals surface area contributed by atoms with Crippen LogP contribution in [0.4, 0.5) is 0 Å². The Balaban J connectivity index is 2.71. The molecule has 0 aliphatic heterocycles. The molecule has 0 spiro atoms. The Morgan fingerprint density at radius 2 is 1.82 bits per heavy atom. The van der Waals surface area contributed by atoms with Crippen molar-refractivity contribution < 1.29 is 0 Å². The van der Waals surface area contributed by atoms with Gasteiger partial charge in [0.1, 0.15) is 0 Å². The Hall–Kier alpha value is -0.930. The zero-order chi connectivity index (χ0) is 12.7. The number of benzene rings is 1. The van der Waals surface area contributed by atoms with E-state index in [-0.39, 0.29) is 0 Å². The molecule has 0 aliphatic carbocycles. The molecule has 0 saturated heterocycles. The van der Waals surface area contributed by atoms with Crippen molar-refractivity contribution in [3.05, 3.63) is 33.8 Å². The number of guanidine groups is 1. The van der Waals surface area contributed by atoms with Crippen molar-refractivity contribution in [1.82, 2.24) is 10.6 Å². The third kappa shape index (κ3) is 4.84. The summed E-state index contributed by atoms with van der Waals surface area (Å²) in [4.78, 5) is 4.43. The first-order chi connectivity index (χ1) is 8.17. The molecule has 0 aromatic heterocycles. The van der Waals surface area contributed by atoms with Gasteiger partial charge in [0.2, 0.25) is 0 Å². The first kappa shape index (κ1) is 14.1. The SMILES string of the molecule is CCNC(=NCc1ccc(Cl)cc1Cl)NCC. The summed E-state index contributed by atoms with van der Waals surface area (Å²) >= 11 is 11.9. The number of halogens is 2. The van der Waals surface area contributed by atoms with Gasteiger partial charge >= 0.3 is 0 Å². The molecule has 0 amide bonds. The Morgan fingerprint density at radius 1 is 1.18 bits per heavy atom. The van der Waals surface area contributed by atoms with Crippen LogP contribution in [0, 0.1) is 0 Å². The van der Waals surface area contributed by atoms with Crippen molar-refractivity contribution in [3.8, 4) is 0 Å². The monoisotopic (exact) mass is 273 g/mol. The molecule has 0 bridgehead atoms. The van der Waals surface area contributed by atoms with E-state index in [1.165, 1.54) is 0 Å². The molecule has 5 heteroatoms. The Bertz CT molecular complexity index is 383. The van der Waals surface area contributed by atoms with Crippen LogP contribution in [-0.2, 0) is 6.54 Å². The van der Waals surface area contributed by atoms with Crippen LogP contribution >= 0.6 is 23.2 Å².